The summed E-state index contributed by atoms with van der Waals surface area (Å²) >= 11 is 1.68. The van der Waals surface area contributed by atoms with Crippen LogP contribution in [0.15, 0.2) is 18.3 Å². The first-order chi connectivity index (χ1) is 5.31. The van der Waals surface area contributed by atoms with Crippen molar-refractivity contribution < 1.29 is 4.74 Å². The number of thiophene rings is 1. The molecule has 0 amide bonds. The lowest BCUT2D eigenvalue weighted by Gasteiger charge is -1.90. The van der Waals surface area contributed by atoms with Crippen LogP contribution in [0, 0.1) is 0 Å². The molecule has 11 heavy (non-hydrogen) atoms. The first-order valence-corrected chi connectivity index (χ1v) is 4.22. The summed E-state index contributed by atoms with van der Waals surface area (Å²) < 4.78 is 8.49. The molecule has 0 spiro atoms. The summed E-state index contributed by atoms with van der Waals surface area (Å²) in [6, 6.07) is 4.16. The van der Waals surface area contributed by atoms with Crippen molar-refractivity contribution in [1.29, 1.82) is 0 Å². The number of ether oxygens (including phenoxy) is 1. The normalized spacial score (nSPS) is 10.7. The third-order valence-corrected chi connectivity index (χ3v) is 2.80. The van der Waals surface area contributed by atoms with Crippen molar-refractivity contribution in [3.8, 4) is 5.06 Å². The Morgan fingerprint density at radius 1 is 1.55 bits per heavy atom. The van der Waals surface area contributed by atoms with Crippen molar-refractivity contribution in [2.45, 2.75) is 0 Å². The van der Waals surface area contributed by atoms with Crippen LogP contribution in [0.1, 0.15) is 0 Å². The average molecular weight is 167 g/mol. The average Bonchev–Trinajstić information content (AvgIpc) is 2.53. The van der Waals surface area contributed by atoms with Crippen LogP contribution >= 0.6 is 11.3 Å². The molecule has 2 aromatic heterocycles. The van der Waals surface area contributed by atoms with Crippen LogP contribution < -0.4 is 4.74 Å². The second-order valence-electron chi connectivity index (χ2n) is 2.45. The fraction of sp³-hybridized carbons (Fsp3) is 0.250. The van der Waals surface area contributed by atoms with E-state index in [9.17, 15) is 0 Å². The molecule has 3 heteroatoms. The maximum Gasteiger partial charge on any atom is 0.176 e. The Balaban J connectivity index is 2.70. The van der Waals surface area contributed by atoms with Crippen molar-refractivity contribution in [3.63, 3.8) is 0 Å². The highest BCUT2D eigenvalue weighted by Crippen LogP contribution is 2.31. The van der Waals surface area contributed by atoms with Gasteiger partial charge in [-0.25, -0.2) is 0 Å². The largest absolute Gasteiger partial charge is 0.487 e. The Morgan fingerprint density at radius 3 is 3.00 bits per heavy atom. The molecule has 0 radical (unpaired) electrons. The Hall–Kier alpha value is -0.960. The van der Waals surface area contributed by atoms with Gasteiger partial charge in [-0.05, 0) is 6.07 Å². The summed E-state index contributed by atoms with van der Waals surface area (Å²) in [7, 11) is 3.74. The molecular weight excluding hydrogens is 158 g/mol. The van der Waals surface area contributed by atoms with Crippen LogP contribution in [0.5, 0.6) is 5.06 Å². The fourth-order valence-corrected chi connectivity index (χ4v) is 2.04. The minimum atomic E-state index is 0.978. The molecule has 58 valence electrons. The second-order valence-corrected chi connectivity index (χ2v) is 3.49. The zero-order chi connectivity index (χ0) is 7.84. The molecule has 0 fully saturated rings. The van der Waals surface area contributed by atoms with E-state index in [0.717, 1.165) is 5.06 Å². The van der Waals surface area contributed by atoms with Gasteiger partial charge in [0, 0.05) is 19.3 Å². The minimum Gasteiger partial charge on any atom is -0.487 e. The Bertz CT molecular complexity index is 374. The molecule has 2 nitrogen and oxygen atoms in total. The van der Waals surface area contributed by atoms with Crippen LogP contribution in [0.2, 0.25) is 0 Å². The first kappa shape index (κ1) is 6.73. The van der Waals surface area contributed by atoms with E-state index in [4.69, 9.17) is 4.74 Å². The molecule has 2 heterocycles. The standard InChI is InChI=1S/C8H9NOS/c1-9-4-3-7-6(9)5-8(10-2)11-7/h3-5H,1-2H3. The Kier molecular flexibility index (Phi) is 1.39. The highest BCUT2D eigenvalue weighted by molar-refractivity contribution is 7.20. The summed E-state index contributed by atoms with van der Waals surface area (Å²) in [5, 5.41) is 0.978. The summed E-state index contributed by atoms with van der Waals surface area (Å²) in [5.74, 6) is 0. The van der Waals surface area contributed by atoms with E-state index in [1.807, 2.05) is 7.05 Å². The SMILES string of the molecule is COc1cc2c(ccn2C)s1. The minimum absolute atomic E-state index is 0.978. The van der Waals surface area contributed by atoms with Crippen molar-refractivity contribution in [1.82, 2.24) is 4.57 Å². The number of hydrogen-bond donors (Lipinski definition) is 0. The van der Waals surface area contributed by atoms with E-state index in [0.29, 0.717) is 0 Å². The summed E-state index contributed by atoms with van der Waals surface area (Å²) in [6.45, 7) is 0. The third-order valence-electron chi connectivity index (χ3n) is 1.75. The summed E-state index contributed by atoms with van der Waals surface area (Å²) in [4.78, 5) is 0. The fourth-order valence-electron chi connectivity index (χ4n) is 1.13. The molecular formula is C8H9NOS. The summed E-state index contributed by atoms with van der Waals surface area (Å²) in [6.07, 6.45) is 2.06. The van der Waals surface area contributed by atoms with Gasteiger partial charge in [0.05, 0.1) is 17.3 Å². The van der Waals surface area contributed by atoms with Gasteiger partial charge in [-0.1, -0.05) is 11.3 Å². The molecule has 0 atom stereocenters. The van der Waals surface area contributed by atoms with Crippen LogP contribution in [0.3, 0.4) is 0 Å². The monoisotopic (exact) mass is 167 g/mol. The van der Waals surface area contributed by atoms with Crippen molar-refractivity contribution in [2.24, 2.45) is 7.05 Å². The van der Waals surface area contributed by atoms with E-state index in [1.165, 1.54) is 10.2 Å². The number of aryl methyl sites for hydroxylation is 1. The lowest BCUT2D eigenvalue weighted by molar-refractivity contribution is 0.427. The number of fused-ring (bicyclic) bond motifs is 1. The number of nitrogens with zero attached hydrogens (tertiary/aromatic N) is 1. The van der Waals surface area contributed by atoms with Gasteiger partial charge >= 0.3 is 0 Å². The maximum atomic E-state index is 5.12. The highest BCUT2D eigenvalue weighted by Gasteiger charge is 2.03. The van der Waals surface area contributed by atoms with Crippen molar-refractivity contribution in [2.75, 3.05) is 7.11 Å². The van der Waals surface area contributed by atoms with E-state index < -0.39 is 0 Å². The molecule has 0 saturated carbocycles. The van der Waals surface area contributed by atoms with Gasteiger partial charge in [0.25, 0.3) is 0 Å². The number of hydrogen-bond acceptors (Lipinski definition) is 2. The highest BCUT2D eigenvalue weighted by atomic mass is 32.1. The van der Waals surface area contributed by atoms with Crippen LogP contribution in [-0.2, 0) is 7.05 Å². The number of methoxy groups -OCH3 is 1. The number of rotatable bonds is 1. The van der Waals surface area contributed by atoms with Crippen molar-refractivity contribution in [3.05, 3.63) is 18.3 Å². The molecule has 0 aliphatic heterocycles. The number of aromatic nitrogens is 1. The Morgan fingerprint density at radius 2 is 2.36 bits per heavy atom. The topological polar surface area (TPSA) is 14.2 Å². The van der Waals surface area contributed by atoms with E-state index >= 15 is 0 Å². The molecule has 2 rings (SSSR count). The molecule has 0 N–H and O–H groups in total. The van der Waals surface area contributed by atoms with Gasteiger partial charge in [0.2, 0.25) is 0 Å². The first-order valence-electron chi connectivity index (χ1n) is 3.40. The zero-order valence-corrected chi connectivity index (χ0v) is 7.31. The molecule has 0 aliphatic carbocycles. The van der Waals surface area contributed by atoms with Crippen molar-refractivity contribution >= 4 is 21.6 Å². The molecule has 2 aromatic rings. The second kappa shape index (κ2) is 2.27. The molecule has 0 aliphatic rings. The van der Waals surface area contributed by atoms with Crippen LogP contribution in [0.25, 0.3) is 10.2 Å². The van der Waals surface area contributed by atoms with Gasteiger partial charge in [0.15, 0.2) is 5.06 Å². The Labute approximate surface area is 69.0 Å². The van der Waals surface area contributed by atoms with Gasteiger partial charge in [-0.3, -0.25) is 0 Å². The lowest BCUT2D eigenvalue weighted by Crippen LogP contribution is -1.81. The molecule has 0 bridgehead atoms. The lowest BCUT2D eigenvalue weighted by atomic mass is 10.5. The zero-order valence-electron chi connectivity index (χ0n) is 6.50. The van der Waals surface area contributed by atoms with Gasteiger partial charge in [-0.2, -0.15) is 0 Å². The van der Waals surface area contributed by atoms with E-state index in [1.54, 1.807) is 18.4 Å². The van der Waals surface area contributed by atoms with Crippen LogP contribution in [-0.4, -0.2) is 11.7 Å². The van der Waals surface area contributed by atoms with Gasteiger partial charge < -0.3 is 9.30 Å². The molecule has 0 aromatic carbocycles. The smallest absolute Gasteiger partial charge is 0.176 e. The molecule has 0 saturated heterocycles. The van der Waals surface area contributed by atoms with Gasteiger partial charge in [0.1, 0.15) is 0 Å². The van der Waals surface area contributed by atoms with Gasteiger partial charge in [-0.15, -0.1) is 0 Å². The van der Waals surface area contributed by atoms with E-state index in [2.05, 4.69) is 22.9 Å². The third kappa shape index (κ3) is 0.922. The van der Waals surface area contributed by atoms with Crippen LogP contribution in [0.4, 0.5) is 0 Å². The predicted octanol–water partition coefficient (Wildman–Crippen LogP) is 2.25. The predicted molar refractivity (Wildman–Crippen MR) is 47.3 cm³/mol. The maximum absolute atomic E-state index is 5.12. The van der Waals surface area contributed by atoms with E-state index in [-0.39, 0.29) is 0 Å². The molecule has 0 unspecified atom stereocenters. The quantitative estimate of drug-likeness (QED) is 0.635. The summed E-state index contributed by atoms with van der Waals surface area (Å²) in [5.41, 5.74) is 1.24.